The van der Waals surface area contributed by atoms with Crippen molar-refractivity contribution < 1.29 is 13.6 Å². The molecule has 0 radical (unpaired) electrons. The van der Waals surface area contributed by atoms with Crippen LogP contribution >= 0.6 is 11.6 Å². The molecule has 0 unspecified atom stereocenters. The number of hydrogen-bond donors (Lipinski definition) is 1. The molecule has 104 valence electrons. The molecule has 0 saturated heterocycles. The average molecular weight is 297 g/mol. The number of carbonyl (C=O) groups is 1. The maximum atomic E-state index is 13.1. The standard InChI is InChI=1S/C14H11ClF2N2O/c15-10-7-9-2-1-5-19(9)13(10)14(20)18-8-3-4-11(16)12(17)6-8/h3-4,6-7H,1-2,5H2,(H,18,20). The molecule has 20 heavy (non-hydrogen) atoms. The Morgan fingerprint density at radius 3 is 2.80 bits per heavy atom. The predicted molar refractivity (Wildman–Crippen MR) is 72.1 cm³/mol. The van der Waals surface area contributed by atoms with Gasteiger partial charge in [0, 0.05) is 24.0 Å². The van der Waals surface area contributed by atoms with Crippen molar-refractivity contribution in [2.45, 2.75) is 19.4 Å². The van der Waals surface area contributed by atoms with Crippen molar-refractivity contribution >= 4 is 23.2 Å². The molecule has 0 bridgehead atoms. The van der Waals surface area contributed by atoms with Crippen LogP contribution in [0.25, 0.3) is 0 Å². The Bertz CT molecular complexity index is 697. The summed E-state index contributed by atoms with van der Waals surface area (Å²) >= 11 is 6.06. The third kappa shape index (κ3) is 2.18. The number of benzene rings is 1. The largest absolute Gasteiger partial charge is 0.339 e. The number of nitrogens with zero attached hydrogens (tertiary/aromatic N) is 1. The van der Waals surface area contributed by atoms with E-state index in [9.17, 15) is 13.6 Å². The number of anilines is 1. The third-order valence-corrected chi connectivity index (χ3v) is 3.63. The van der Waals surface area contributed by atoms with Gasteiger partial charge in [0.2, 0.25) is 0 Å². The van der Waals surface area contributed by atoms with Crippen LogP contribution in [-0.2, 0) is 13.0 Å². The van der Waals surface area contributed by atoms with Crippen molar-refractivity contribution in [3.63, 3.8) is 0 Å². The van der Waals surface area contributed by atoms with Crippen molar-refractivity contribution in [1.29, 1.82) is 0 Å². The van der Waals surface area contributed by atoms with Gasteiger partial charge in [-0.25, -0.2) is 8.78 Å². The minimum atomic E-state index is -1.01. The van der Waals surface area contributed by atoms with Crippen molar-refractivity contribution in [1.82, 2.24) is 4.57 Å². The average Bonchev–Trinajstić information content (AvgIpc) is 2.93. The number of halogens is 3. The van der Waals surface area contributed by atoms with E-state index < -0.39 is 17.5 Å². The van der Waals surface area contributed by atoms with E-state index in [0.29, 0.717) is 10.7 Å². The zero-order valence-corrected chi connectivity index (χ0v) is 11.2. The summed E-state index contributed by atoms with van der Waals surface area (Å²) in [6.07, 6.45) is 1.86. The molecule has 0 atom stereocenters. The molecule has 0 saturated carbocycles. The number of aromatic nitrogens is 1. The summed E-state index contributed by atoms with van der Waals surface area (Å²) in [6.45, 7) is 0.739. The Morgan fingerprint density at radius 1 is 1.25 bits per heavy atom. The minimum absolute atomic E-state index is 0.193. The van der Waals surface area contributed by atoms with Gasteiger partial charge < -0.3 is 9.88 Å². The van der Waals surface area contributed by atoms with Gasteiger partial charge in [-0.1, -0.05) is 11.6 Å². The number of fused-ring (bicyclic) bond motifs is 1. The first-order valence-electron chi connectivity index (χ1n) is 6.20. The summed E-state index contributed by atoms with van der Waals surface area (Å²) in [5.41, 5.74) is 1.58. The van der Waals surface area contributed by atoms with E-state index in [1.807, 2.05) is 4.57 Å². The number of hydrogen-bond acceptors (Lipinski definition) is 1. The monoisotopic (exact) mass is 296 g/mol. The van der Waals surface area contributed by atoms with E-state index >= 15 is 0 Å². The van der Waals surface area contributed by atoms with Gasteiger partial charge in [-0.15, -0.1) is 0 Å². The molecule has 2 aromatic rings. The lowest BCUT2D eigenvalue weighted by Crippen LogP contribution is -2.17. The van der Waals surface area contributed by atoms with Crippen LogP contribution < -0.4 is 5.32 Å². The molecule has 1 aliphatic heterocycles. The summed E-state index contributed by atoms with van der Waals surface area (Å²) in [6, 6.07) is 4.98. The number of amides is 1. The fourth-order valence-corrected chi connectivity index (χ4v) is 2.75. The zero-order chi connectivity index (χ0) is 14.3. The Kier molecular flexibility index (Phi) is 3.22. The lowest BCUT2D eigenvalue weighted by Gasteiger charge is -2.08. The molecular formula is C14H11ClF2N2O. The van der Waals surface area contributed by atoms with Crippen molar-refractivity contribution in [3.05, 3.63) is 52.3 Å². The topological polar surface area (TPSA) is 34.0 Å². The Labute approximate surface area is 119 Å². The van der Waals surface area contributed by atoms with Gasteiger partial charge in [0.25, 0.3) is 5.91 Å². The first-order valence-corrected chi connectivity index (χ1v) is 6.58. The van der Waals surface area contributed by atoms with Gasteiger partial charge >= 0.3 is 0 Å². The van der Waals surface area contributed by atoms with Gasteiger partial charge in [0.15, 0.2) is 11.6 Å². The van der Waals surface area contributed by atoms with E-state index in [1.165, 1.54) is 6.07 Å². The second kappa shape index (κ2) is 4.90. The predicted octanol–water partition coefficient (Wildman–Crippen LogP) is 3.62. The molecule has 2 heterocycles. The van der Waals surface area contributed by atoms with Crippen molar-refractivity contribution in [2.24, 2.45) is 0 Å². The quantitative estimate of drug-likeness (QED) is 0.902. The highest BCUT2D eigenvalue weighted by atomic mass is 35.5. The fraction of sp³-hybridized carbons (Fsp3) is 0.214. The summed E-state index contributed by atoms with van der Waals surface area (Å²) in [5, 5.41) is 2.91. The minimum Gasteiger partial charge on any atom is -0.339 e. The summed E-state index contributed by atoms with van der Waals surface area (Å²) in [7, 11) is 0. The molecule has 3 rings (SSSR count). The van der Waals surface area contributed by atoms with Crippen LogP contribution in [0.15, 0.2) is 24.3 Å². The fourth-order valence-electron chi connectivity index (χ4n) is 2.44. The van der Waals surface area contributed by atoms with Crippen molar-refractivity contribution in [2.75, 3.05) is 5.32 Å². The lowest BCUT2D eigenvalue weighted by atomic mass is 10.2. The second-order valence-electron chi connectivity index (χ2n) is 4.67. The highest BCUT2D eigenvalue weighted by Gasteiger charge is 2.23. The summed E-state index contributed by atoms with van der Waals surface area (Å²) < 4.78 is 27.8. The molecule has 0 spiro atoms. The van der Waals surface area contributed by atoms with Gasteiger partial charge in [-0.3, -0.25) is 4.79 Å². The molecule has 1 amide bonds. The second-order valence-corrected chi connectivity index (χ2v) is 5.08. The highest BCUT2D eigenvalue weighted by Crippen LogP contribution is 2.28. The van der Waals surface area contributed by atoms with E-state index in [4.69, 9.17) is 11.6 Å². The molecule has 0 aliphatic carbocycles. The molecule has 0 fully saturated rings. The summed E-state index contributed by atoms with van der Waals surface area (Å²) in [4.78, 5) is 12.2. The van der Waals surface area contributed by atoms with Gasteiger partial charge in [-0.05, 0) is 31.0 Å². The maximum Gasteiger partial charge on any atom is 0.273 e. The van der Waals surface area contributed by atoms with Gasteiger partial charge in [-0.2, -0.15) is 0 Å². The van der Waals surface area contributed by atoms with Gasteiger partial charge in [0.1, 0.15) is 5.69 Å². The van der Waals surface area contributed by atoms with Crippen molar-refractivity contribution in [3.8, 4) is 0 Å². The Hall–Kier alpha value is -1.88. The SMILES string of the molecule is O=C(Nc1ccc(F)c(F)c1)c1c(Cl)cc2n1CCC2. The van der Waals surface area contributed by atoms with Crippen LogP contribution in [0.3, 0.4) is 0 Å². The number of rotatable bonds is 2. The highest BCUT2D eigenvalue weighted by molar-refractivity contribution is 6.34. The molecule has 1 N–H and O–H groups in total. The molecule has 6 heteroatoms. The van der Waals surface area contributed by atoms with Crippen LogP contribution in [-0.4, -0.2) is 10.5 Å². The van der Waals surface area contributed by atoms with Crippen LogP contribution in [0.4, 0.5) is 14.5 Å². The normalized spacial score (nSPS) is 13.3. The van der Waals surface area contributed by atoms with Crippen LogP contribution in [0.5, 0.6) is 0 Å². The first-order chi connectivity index (χ1) is 9.56. The lowest BCUT2D eigenvalue weighted by molar-refractivity contribution is 0.101. The van der Waals surface area contributed by atoms with E-state index in [2.05, 4.69) is 5.32 Å². The zero-order valence-electron chi connectivity index (χ0n) is 10.4. The molecular weight excluding hydrogens is 286 g/mol. The number of nitrogens with one attached hydrogen (secondary N) is 1. The Morgan fingerprint density at radius 2 is 2.05 bits per heavy atom. The smallest absolute Gasteiger partial charge is 0.273 e. The van der Waals surface area contributed by atoms with Gasteiger partial charge in [0.05, 0.1) is 5.02 Å². The molecule has 3 nitrogen and oxygen atoms in total. The summed E-state index contributed by atoms with van der Waals surface area (Å²) in [5.74, 6) is -2.38. The van der Waals surface area contributed by atoms with Crippen LogP contribution in [0.1, 0.15) is 22.6 Å². The molecule has 1 aliphatic rings. The van der Waals surface area contributed by atoms with E-state index in [-0.39, 0.29) is 5.69 Å². The van der Waals surface area contributed by atoms with E-state index in [0.717, 1.165) is 37.2 Å². The number of aryl methyl sites for hydroxylation is 1. The van der Waals surface area contributed by atoms with Crippen LogP contribution in [0, 0.1) is 11.6 Å². The molecule has 1 aromatic carbocycles. The number of carbonyl (C=O) groups excluding carboxylic acids is 1. The Balaban J connectivity index is 1.88. The third-order valence-electron chi connectivity index (χ3n) is 3.34. The van der Waals surface area contributed by atoms with Crippen LogP contribution in [0.2, 0.25) is 5.02 Å². The maximum absolute atomic E-state index is 13.1. The first kappa shape index (κ1) is 13.1. The molecule has 1 aromatic heterocycles. The van der Waals surface area contributed by atoms with E-state index in [1.54, 1.807) is 6.07 Å².